The molecule has 1 aliphatic heterocycles. The zero-order chi connectivity index (χ0) is 11.4. The number of nitrogens with one attached hydrogen (secondary N) is 1. The van der Waals surface area contributed by atoms with Crippen LogP contribution in [0.5, 0.6) is 5.75 Å². The Bertz CT molecular complexity index is 346. The fourth-order valence-corrected chi connectivity index (χ4v) is 2.06. The van der Waals surface area contributed by atoms with Crippen LogP contribution in [0.25, 0.3) is 0 Å². The minimum atomic E-state index is -0.0658. The van der Waals surface area contributed by atoms with Crippen molar-refractivity contribution in [1.82, 2.24) is 5.32 Å². The number of hydrogen-bond donors (Lipinski definition) is 2. The Morgan fingerprint density at radius 1 is 1.50 bits per heavy atom. The molecule has 0 amide bonds. The van der Waals surface area contributed by atoms with Gasteiger partial charge in [-0.1, -0.05) is 12.1 Å². The lowest BCUT2D eigenvalue weighted by Gasteiger charge is -2.34. The van der Waals surface area contributed by atoms with Crippen LogP contribution in [-0.4, -0.2) is 23.8 Å². The van der Waals surface area contributed by atoms with Crippen LogP contribution >= 0.6 is 0 Å². The van der Waals surface area contributed by atoms with Crippen LogP contribution in [0.3, 0.4) is 0 Å². The molecular formula is C13H19NO2. The first-order valence-electron chi connectivity index (χ1n) is 5.81. The topological polar surface area (TPSA) is 41.5 Å². The van der Waals surface area contributed by atoms with Gasteiger partial charge in [0.25, 0.3) is 0 Å². The fourth-order valence-electron chi connectivity index (χ4n) is 2.06. The van der Waals surface area contributed by atoms with Crippen molar-refractivity contribution >= 4 is 0 Å². The minimum absolute atomic E-state index is 0.0658. The van der Waals surface area contributed by atoms with Gasteiger partial charge in [0, 0.05) is 6.54 Å². The van der Waals surface area contributed by atoms with Crippen molar-refractivity contribution in [3.05, 3.63) is 29.8 Å². The third-order valence-corrected chi connectivity index (χ3v) is 3.06. The Kier molecular flexibility index (Phi) is 3.46. The Morgan fingerprint density at radius 2 is 2.38 bits per heavy atom. The molecule has 1 unspecified atom stereocenters. The van der Waals surface area contributed by atoms with Gasteiger partial charge in [0.05, 0.1) is 12.2 Å². The SMILES string of the molecule is CC1(OCc2cccc(O)c2)CCCNC1. The second-order valence-electron chi connectivity index (χ2n) is 4.69. The molecule has 1 aliphatic rings. The van der Waals surface area contributed by atoms with Gasteiger partial charge in [0.1, 0.15) is 5.75 Å². The summed E-state index contributed by atoms with van der Waals surface area (Å²) >= 11 is 0. The molecule has 88 valence electrons. The van der Waals surface area contributed by atoms with Gasteiger partial charge in [-0.15, -0.1) is 0 Å². The first-order valence-corrected chi connectivity index (χ1v) is 5.81. The van der Waals surface area contributed by atoms with Gasteiger partial charge in [-0.25, -0.2) is 0 Å². The molecule has 1 heterocycles. The highest BCUT2D eigenvalue weighted by Gasteiger charge is 2.27. The first kappa shape index (κ1) is 11.4. The van der Waals surface area contributed by atoms with E-state index in [1.54, 1.807) is 12.1 Å². The van der Waals surface area contributed by atoms with E-state index >= 15 is 0 Å². The summed E-state index contributed by atoms with van der Waals surface area (Å²) in [5.41, 5.74) is 0.954. The molecule has 1 aromatic carbocycles. The Labute approximate surface area is 96.4 Å². The predicted octanol–water partition coefficient (Wildman–Crippen LogP) is 2.05. The lowest BCUT2D eigenvalue weighted by atomic mass is 9.96. The molecule has 3 nitrogen and oxygen atoms in total. The molecule has 1 saturated heterocycles. The lowest BCUT2D eigenvalue weighted by molar-refractivity contribution is -0.0571. The summed E-state index contributed by atoms with van der Waals surface area (Å²) in [5, 5.41) is 12.7. The van der Waals surface area contributed by atoms with E-state index < -0.39 is 0 Å². The maximum absolute atomic E-state index is 9.35. The van der Waals surface area contributed by atoms with Gasteiger partial charge in [0.2, 0.25) is 0 Å². The predicted molar refractivity (Wildman–Crippen MR) is 63.4 cm³/mol. The molecule has 0 spiro atoms. The molecule has 1 atom stereocenters. The molecule has 2 N–H and O–H groups in total. The molecule has 0 aromatic heterocycles. The summed E-state index contributed by atoms with van der Waals surface area (Å²) < 4.78 is 5.94. The highest BCUT2D eigenvalue weighted by molar-refractivity contribution is 5.26. The third kappa shape index (κ3) is 2.97. The van der Waals surface area contributed by atoms with Crippen molar-refractivity contribution in [2.75, 3.05) is 13.1 Å². The number of benzene rings is 1. The summed E-state index contributed by atoms with van der Waals surface area (Å²) in [4.78, 5) is 0. The number of hydrogen-bond acceptors (Lipinski definition) is 3. The van der Waals surface area contributed by atoms with E-state index in [1.165, 1.54) is 0 Å². The minimum Gasteiger partial charge on any atom is -0.508 e. The summed E-state index contributed by atoms with van der Waals surface area (Å²) in [5.74, 6) is 0.299. The fraction of sp³-hybridized carbons (Fsp3) is 0.538. The van der Waals surface area contributed by atoms with Crippen LogP contribution in [0.4, 0.5) is 0 Å². The van der Waals surface area contributed by atoms with Gasteiger partial charge < -0.3 is 15.2 Å². The normalized spacial score (nSPS) is 25.6. The summed E-state index contributed by atoms with van der Waals surface area (Å²) in [6, 6.07) is 7.24. The Hall–Kier alpha value is -1.06. The molecule has 0 bridgehead atoms. The van der Waals surface area contributed by atoms with E-state index in [0.717, 1.165) is 31.5 Å². The molecule has 0 saturated carbocycles. The second-order valence-corrected chi connectivity index (χ2v) is 4.69. The van der Waals surface area contributed by atoms with Gasteiger partial charge in [-0.05, 0) is 44.0 Å². The molecule has 2 rings (SSSR count). The summed E-state index contributed by atoms with van der Waals surface area (Å²) in [6.45, 7) is 4.70. The highest BCUT2D eigenvalue weighted by atomic mass is 16.5. The number of phenols is 1. The van der Waals surface area contributed by atoms with Crippen LogP contribution in [0.1, 0.15) is 25.3 Å². The largest absolute Gasteiger partial charge is 0.508 e. The van der Waals surface area contributed by atoms with E-state index in [-0.39, 0.29) is 5.60 Å². The average Bonchev–Trinajstić information content (AvgIpc) is 2.28. The molecule has 3 heteroatoms. The smallest absolute Gasteiger partial charge is 0.115 e. The van der Waals surface area contributed by atoms with E-state index in [4.69, 9.17) is 4.74 Å². The van der Waals surface area contributed by atoms with E-state index in [0.29, 0.717) is 12.4 Å². The van der Waals surface area contributed by atoms with Gasteiger partial charge in [-0.3, -0.25) is 0 Å². The standard InChI is InChI=1S/C13H19NO2/c1-13(6-3-7-14-10-13)16-9-11-4-2-5-12(15)8-11/h2,4-5,8,14-15H,3,6-7,9-10H2,1H3. The van der Waals surface area contributed by atoms with Crippen molar-refractivity contribution < 1.29 is 9.84 Å². The van der Waals surface area contributed by atoms with E-state index in [1.807, 2.05) is 12.1 Å². The zero-order valence-electron chi connectivity index (χ0n) is 9.70. The number of piperidine rings is 1. The van der Waals surface area contributed by atoms with Crippen molar-refractivity contribution in [1.29, 1.82) is 0 Å². The van der Waals surface area contributed by atoms with Gasteiger partial charge in [0.15, 0.2) is 0 Å². The molecule has 1 fully saturated rings. The number of rotatable bonds is 3. The van der Waals surface area contributed by atoms with E-state index in [9.17, 15) is 5.11 Å². The first-order chi connectivity index (χ1) is 7.68. The summed E-state index contributed by atoms with van der Waals surface area (Å²) in [7, 11) is 0. The Balaban J connectivity index is 1.91. The van der Waals surface area contributed by atoms with Crippen LogP contribution < -0.4 is 5.32 Å². The molecule has 0 aliphatic carbocycles. The molecular weight excluding hydrogens is 202 g/mol. The highest BCUT2D eigenvalue weighted by Crippen LogP contribution is 2.22. The number of ether oxygens (including phenoxy) is 1. The van der Waals surface area contributed by atoms with Gasteiger partial charge >= 0.3 is 0 Å². The van der Waals surface area contributed by atoms with Crippen molar-refractivity contribution in [3.8, 4) is 5.75 Å². The zero-order valence-corrected chi connectivity index (χ0v) is 9.70. The quantitative estimate of drug-likeness (QED) is 0.820. The monoisotopic (exact) mass is 221 g/mol. The molecule has 16 heavy (non-hydrogen) atoms. The second kappa shape index (κ2) is 4.85. The third-order valence-electron chi connectivity index (χ3n) is 3.06. The van der Waals surface area contributed by atoms with Crippen molar-refractivity contribution in [3.63, 3.8) is 0 Å². The molecule has 0 radical (unpaired) electrons. The lowest BCUT2D eigenvalue weighted by Crippen LogP contribution is -2.45. The van der Waals surface area contributed by atoms with E-state index in [2.05, 4.69) is 12.2 Å². The van der Waals surface area contributed by atoms with Crippen molar-refractivity contribution in [2.24, 2.45) is 0 Å². The van der Waals surface area contributed by atoms with Crippen LogP contribution in [0, 0.1) is 0 Å². The maximum atomic E-state index is 9.35. The summed E-state index contributed by atoms with van der Waals surface area (Å²) in [6.07, 6.45) is 2.26. The van der Waals surface area contributed by atoms with Gasteiger partial charge in [-0.2, -0.15) is 0 Å². The number of phenolic OH excluding ortho intramolecular Hbond substituents is 1. The average molecular weight is 221 g/mol. The van der Waals surface area contributed by atoms with Crippen LogP contribution in [-0.2, 0) is 11.3 Å². The molecule has 1 aromatic rings. The van der Waals surface area contributed by atoms with Crippen LogP contribution in [0.2, 0.25) is 0 Å². The Morgan fingerprint density at radius 3 is 3.06 bits per heavy atom. The van der Waals surface area contributed by atoms with Crippen molar-refractivity contribution in [2.45, 2.75) is 32.0 Å². The van der Waals surface area contributed by atoms with Crippen LogP contribution in [0.15, 0.2) is 24.3 Å². The maximum Gasteiger partial charge on any atom is 0.115 e. The number of aromatic hydroxyl groups is 1.